The summed E-state index contributed by atoms with van der Waals surface area (Å²) < 4.78 is 11.4. The van der Waals surface area contributed by atoms with Crippen molar-refractivity contribution < 1.29 is 19.1 Å². The zero-order valence-corrected chi connectivity index (χ0v) is 24.6. The average Bonchev–Trinajstić information content (AvgIpc) is 2.96. The number of methoxy groups -OCH3 is 1. The maximum absolute atomic E-state index is 14.0. The van der Waals surface area contributed by atoms with Crippen LogP contribution in [0.2, 0.25) is 0 Å². The summed E-state index contributed by atoms with van der Waals surface area (Å²) in [5.41, 5.74) is 6.92. The van der Waals surface area contributed by atoms with Gasteiger partial charge < -0.3 is 14.8 Å². The molecule has 3 aromatic carbocycles. The van der Waals surface area contributed by atoms with E-state index in [9.17, 15) is 9.59 Å². The standard InChI is InChI=1S/C36H39NO4/c1-6-28(20-24-12-18-29(40-5)19-13-24)41-35(39)32-23(2)37-30-21-36(3,4)22-31(38)34(30)33(32)27-16-14-26(15-17-27)25-10-8-7-9-11-25/h7-19,28,33,37H,6,20-22H2,1-5H3. The number of Topliss-reactive ketones (excluding diaryl/α,β-unsaturated/α-hetero) is 1. The van der Waals surface area contributed by atoms with Crippen molar-refractivity contribution in [2.45, 2.75) is 65.4 Å². The minimum Gasteiger partial charge on any atom is -0.497 e. The second-order valence-electron chi connectivity index (χ2n) is 11.9. The fraction of sp³-hybridized carbons (Fsp3) is 0.333. The molecular formula is C36H39NO4. The predicted octanol–water partition coefficient (Wildman–Crippen LogP) is 7.53. The highest BCUT2D eigenvalue weighted by atomic mass is 16.5. The molecule has 3 aromatic rings. The van der Waals surface area contributed by atoms with Crippen molar-refractivity contribution in [3.63, 3.8) is 0 Å². The lowest BCUT2D eigenvalue weighted by molar-refractivity contribution is -0.144. The van der Waals surface area contributed by atoms with Crippen molar-refractivity contribution in [3.05, 3.63) is 113 Å². The molecular weight excluding hydrogens is 510 g/mol. The van der Waals surface area contributed by atoms with Gasteiger partial charge in [-0.05, 0) is 59.6 Å². The maximum atomic E-state index is 14.0. The first kappa shape index (κ1) is 28.4. The van der Waals surface area contributed by atoms with Crippen molar-refractivity contribution in [2.24, 2.45) is 5.41 Å². The maximum Gasteiger partial charge on any atom is 0.337 e. The number of nitrogens with one attached hydrogen (secondary N) is 1. The van der Waals surface area contributed by atoms with Crippen LogP contribution in [0.15, 0.2) is 101 Å². The average molecular weight is 550 g/mol. The van der Waals surface area contributed by atoms with E-state index in [0.717, 1.165) is 45.8 Å². The van der Waals surface area contributed by atoms with Crippen LogP contribution in [0.1, 0.15) is 64.0 Å². The van der Waals surface area contributed by atoms with E-state index in [1.54, 1.807) is 7.11 Å². The second-order valence-corrected chi connectivity index (χ2v) is 11.9. The molecule has 2 aliphatic rings. The number of hydrogen-bond acceptors (Lipinski definition) is 5. The van der Waals surface area contributed by atoms with E-state index in [1.807, 2.05) is 68.4 Å². The van der Waals surface area contributed by atoms with E-state index in [0.29, 0.717) is 30.4 Å². The monoisotopic (exact) mass is 549 g/mol. The van der Waals surface area contributed by atoms with Gasteiger partial charge in [0.1, 0.15) is 11.9 Å². The number of ketones is 1. The Labute approximate surface area is 243 Å². The van der Waals surface area contributed by atoms with Gasteiger partial charge in [0.05, 0.1) is 12.7 Å². The molecule has 1 aliphatic carbocycles. The third-order valence-corrected chi connectivity index (χ3v) is 8.16. The van der Waals surface area contributed by atoms with E-state index in [-0.39, 0.29) is 23.3 Å². The Balaban J connectivity index is 1.48. The molecule has 5 nitrogen and oxygen atoms in total. The van der Waals surface area contributed by atoms with Crippen molar-refractivity contribution in [3.8, 4) is 16.9 Å². The zero-order valence-electron chi connectivity index (χ0n) is 24.6. The molecule has 1 N–H and O–H groups in total. The molecule has 0 saturated heterocycles. The number of benzene rings is 3. The van der Waals surface area contributed by atoms with E-state index in [1.165, 1.54) is 0 Å². The van der Waals surface area contributed by atoms with Crippen molar-refractivity contribution >= 4 is 11.8 Å². The topological polar surface area (TPSA) is 64.6 Å². The minimum absolute atomic E-state index is 0.0870. The molecule has 2 unspecified atom stereocenters. The molecule has 0 amide bonds. The highest BCUT2D eigenvalue weighted by Gasteiger charge is 2.43. The van der Waals surface area contributed by atoms with Crippen LogP contribution in [0.25, 0.3) is 11.1 Å². The van der Waals surface area contributed by atoms with Crippen molar-refractivity contribution in [1.29, 1.82) is 0 Å². The molecule has 0 bridgehead atoms. The largest absolute Gasteiger partial charge is 0.497 e. The lowest BCUT2D eigenvalue weighted by Gasteiger charge is -2.39. The van der Waals surface area contributed by atoms with Gasteiger partial charge in [0, 0.05) is 35.7 Å². The Morgan fingerprint density at radius 1 is 0.951 bits per heavy atom. The van der Waals surface area contributed by atoms with Crippen LogP contribution in [-0.2, 0) is 20.7 Å². The third-order valence-electron chi connectivity index (χ3n) is 8.16. The number of carbonyl (C=O) groups excluding carboxylic acids is 2. The molecule has 212 valence electrons. The Morgan fingerprint density at radius 3 is 2.24 bits per heavy atom. The fourth-order valence-electron chi connectivity index (χ4n) is 6.05. The second kappa shape index (κ2) is 11.8. The van der Waals surface area contributed by atoms with E-state index < -0.39 is 5.92 Å². The quantitative estimate of drug-likeness (QED) is 0.294. The number of esters is 1. The summed E-state index contributed by atoms with van der Waals surface area (Å²) >= 11 is 0. The summed E-state index contributed by atoms with van der Waals surface area (Å²) in [6, 6.07) is 26.3. The number of allylic oxidation sites excluding steroid dienone is 3. The van der Waals surface area contributed by atoms with E-state index >= 15 is 0 Å². The molecule has 5 heteroatoms. The van der Waals surface area contributed by atoms with Gasteiger partial charge in [-0.15, -0.1) is 0 Å². The summed E-state index contributed by atoms with van der Waals surface area (Å²) in [6.07, 6.45) is 2.18. The van der Waals surface area contributed by atoms with Crippen LogP contribution in [0.5, 0.6) is 5.75 Å². The van der Waals surface area contributed by atoms with Crippen LogP contribution in [0.3, 0.4) is 0 Å². The summed E-state index contributed by atoms with van der Waals surface area (Å²) in [5.74, 6) is 0.0182. The first-order chi connectivity index (χ1) is 19.7. The SMILES string of the molecule is CCC(Cc1ccc(OC)cc1)OC(=O)C1=C(C)NC2=C(C(=O)CC(C)(C)C2)C1c1ccc(-c2ccccc2)cc1. The molecule has 0 aromatic heterocycles. The Kier molecular flexibility index (Phi) is 8.16. The highest BCUT2D eigenvalue weighted by molar-refractivity contribution is 6.04. The lowest BCUT2D eigenvalue weighted by Crippen LogP contribution is -2.39. The van der Waals surface area contributed by atoms with Crippen LogP contribution in [0.4, 0.5) is 0 Å². The lowest BCUT2D eigenvalue weighted by atomic mass is 9.68. The van der Waals surface area contributed by atoms with Gasteiger partial charge in [-0.25, -0.2) is 4.79 Å². The van der Waals surface area contributed by atoms with E-state index in [4.69, 9.17) is 9.47 Å². The van der Waals surface area contributed by atoms with Gasteiger partial charge in [-0.1, -0.05) is 87.5 Å². The van der Waals surface area contributed by atoms with Gasteiger partial charge in [-0.2, -0.15) is 0 Å². The van der Waals surface area contributed by atoms with Crippen LogP contribution in [-0.4, -0.2) is 25.0 Å². The summed E-state index contributed by atoms with van der Waals surface area (Å²) in [4.78, 5) is 27.7. The van der Waals surface area contributed by atoms with Crippen LogP contribution < -0.4 is 10.1 Å². The highest BCUT2D eigenvalue weighted by Crippen LogP contribution is 2.47. The number of carbonyl (C=O) groups is 2. The third kappa shape index (κ3) is 6.14. The minimum atomic E-state index is -0.481. The molecule has 0 radical (unpaired) electrons. The van der Waals surface area contributed by atoms with Gasteiger partial charge >= 0.3 is 5.97 Å². The molecule has 5 rings (SSSR count). The van der Waals surface area contributed by atoms with Gasteiger partial charge in [-0.3, -0.25) is 4.79 Å². The molecule has 1 aliphatic heterocycles. The molecule has 41 heavy (non-hydrogen) atoms. The molecule has 0 saturated carbocycles. The smallest absolute Gasteiger partial charge is 0.337 e. The molecule has 2 atom stereocenters. The summed E-state index contributed by atoms with van der Waals surface area (Å²) in [6.45, 7) is 8.18. The summed E-state index contributed by atoms with van der Waals surface area (Å²) in [5, 5.41) is 3.45. The zero-order chi connectivity index (χ0) is 29.1. The first-order valence-corrected chi connectivity index (χ1v) is 14.4. The Bertz CT molecular complexity index is 1480. The first-order valence-electron chi connectivity index (χ1n) is 14.4. The number of ether oxygens (including phenoxy) is 2. The molecule has 0 fully saturated rings. The summed E-state index contributed by atoms with van der Waals surface area (Å²) in [7, 11) is 1.64. The van der Waals surface area contributed by atoms with Crippen LogP contribution >= 0.6 is 0 Å². The number of dihydropyridines is 1. The van der Waals surface area contributed by atoms with Crippen LogP contribution in [0, 0.1) is 5.41 Å². The van der Waals surface area contributed by atoms with Gasteiger partial charge in [0.15, 0.2) is 5.78 Å². The number of hydrogen-bond donors (Lipinski definition) is 1. The van der Waals surface area contributed by atoms with Crippen molar-refractivity contribution in [2.75, 3.05) is 7.11 Å². The van der Waals surface area contributed by atoms with Crippen molar-refractivity contribution in [1.82, 2.24) is 5.32 Å². The normalized spacial score (nSPS) is 18.9. The Morgan fingerprint density at radius 2 is 1.61 bits per heavy atom. The van der Waals surface area contributed by atoms with Gasteiger partial charge in [0.2, 0.25) is 0 Å². The molecule has 0 spiro atoms. The number of rotatable bonds is 8. The fourth-order valence-corrected chi connectivity index (χ4v) is 6.05. The van der Waals surface area contributed by atoms with E-state index in [2.05, 4.69) is 43.4 Å². The molecule has 1 heterocycles. The predicted molar refractivity (Wildman–Crippen MR) is 162 cm³/mol. The van der Waals surface area contributed by atoms with Gasteiger partial charge in [0.25, 0.3) is 0 Å². The Hall–Kier alpha value is -4.12.